The van der Waals surface area contributed by atoms with E-state index in [4.69, 9.17) is 29.9 Å². The standard InChI is InChI=1S/C32H18N8O2S/c41-43(42)23-15-7-14-22-24(23)32-39-30-21-13-6-5-12-20(21)28(37-30)35-26-17-9-2-1-8-16(17)25(33-26)34-27-18-10-3-4-11-19(18)29(36-27)38-31(22)40-32/h1-15,43H,(H2,33,34,35,36,37,38,39,40). The van der Waals surface area contributed by atoms with E-state index in [1.165, 1.54) is 0 Å². The highest BCUT2D eigenvalue weighted by molar-refractivity contribution is 7.72. The Hall–Kier alpha value is -5.81. The number of benzene rings is 4. The lowest BCUT2D eigenvalue weighted by molar-refractivity contribution is 0.615. The first-order valence-electron chi connectivity index (χ1n) is 13.5. The second-order valence-electron chi connectivity index (χ2n) is 10.2. The van der Waals surface area contributed by atoms with Gasteiger partial charge in [0, 0.05) is 43.8 Å². The van der Waals surface area contributed by atoms with E-state index in [-0.39, 0.29) is 4.90 Å². The molecule has 0 saturated carbocycles. The van der Waals surface area contributed by atoms with Crippen LogP contribution in [0.3, 0.4) is 0 Å². The van der Waals surface area contributed by atoms with Crippen molar-refractivity contribution in [3.8, 4) is 45.6 Å². The van der Waals surface area contributed by atoms with Crippen LogP contribution in [-0.2, 0) is 10.7 Å². The van der Waals surface area contributed by atoms with Crippen LogP contribution in [0.25, 0.3) is 89.7 Å². The van der Waals surface area contributed by atoms with Gasteiger partial charge in [-0.2, -0.15) is 0 Å². The van der Waals surface area contributed by atoms with Crippen molar-refractivity contribution in [2.24, 2.45) is 0 Å². The predicted molar refractivity (Wildman–Crippen MR) is 165 cm³/mol. The topological polar surface area (TPSA) is 143 Å². The van der Waals surface area contributed by atoms with Crippen molar-refractivity contribution in [1.29, 1.82) is 0 Å². The molecule has 2 aliphatic rings. The van der Waals surface area contributed by atoms with Crippen molar-refractivity contribution >= 4 is 54.8 Å². The summed E-state index contributed by atoms with van der Waals surface area (Å²) >= 11 is 0. The Balaban J connectivity index is 1.53. The van der Waals surface area contributed by atoms with Crippen LogP contribution in [0.1, 0.15) is 0 Å². The molecule has 5 heterocycles. The number of rotatable bonds is 1. The van der Waals surface area contributed by atoms with Gasteiger partial charge in [-0.25, -0.2) is 38.3 Å². The van der Waals surface area contributed by atoms with Gasteiger partial charge in [0.25, 0.3) is 0 Å². The number of hydrogen-bond donors (Lipinski definition) is 3. The van der Waals surface area contributed by atoms with Gasteiger partial charge in [0.15, 0.2) is 34.0 Å². The Bertz CT molecular complexity index is 2570. The summed E-state index contributed by atoms with van der Waals surface area (Å²) in [5.41, 5.74) is 5.23. The van der Waals surface area contributed by atoms with E-state index in [2.05, 4.69) is 9.97 Å². The molecule has 2 N–H and O–H groups in total. The summed E-state index contributed by atoms with van der Waals surface area (Å²) in [6.07, 6.45) is 0. The molecule has 204 valence electrons. The molecule has 9 rings (SSSR count). The molecule has 0 aliphatic carbocycles. The van der Waals surface area contributed by atoms with Gasteiger partial charge >= 0.3 is 0 Å². The first kappa shape index (κ1) is 23.9. The summed E-state index contributed by atoms with van der Waals surface area (Å²) in [5.74, 6) is 1.85. The summed E-state index contributed by atoms with van der Waals surface area (Å²) in [5, 5.41) is 2.83. The smallest absolute Gasteiger partial charge is 0.169 e. The Morgan fingerprint density at radius 2 is 0.814 bits per heavy atom. The number of thiol groups is 1. The molecular weight excluding hydrogens is 560 g/mol. The molecule has 2 aliphatic heterocycles. The Labute approximate surface area is 244 Å². The zero-order valence-electron chi connectivity index (χ0n) is 22.1. The molecule has 3 aromatic heterocycles. The predicted octanol–water partition coefficient (Wildman–Crippen LogP) is 5.84. The Morgan fingerprint density at radius 3 is 1.30 bits per heavy atom. The molecule has 4 aromatic carbocycles. The van der Waals surface area contributed by atoms with Gasteiger partial charge in [0.05, 0.1) is 4.90 Å². The van der Waals surface area contributed by atoms with E-state index < -0.39 is 10.7 Å². The number of hydrogen-bond acceptors (Lipinski definition) is 8. The van der Waals surface area contributed by atoms with Gasteiger partial charge in [-0.3, -0.25) is 0 Å². The number of nitrogens with zero attached hydrogens (tertiary/aromatic N) is 6. The van der Waals surface area contributed by atoms with Crippen molar-refractivity contribution in [2.75, 3.05) is 0 Å². The fourth-order valence-corrected chi connectivity index (χ4v) is 6.44. The fourth-order valence-electron chi connectivity index (χ4n) is 5.82. The number of H-pyrrole nitrogens is 2. The zero-order chi connectivity index (χ0) is 28.7. The van der Waals surface area contributed by atoms with E-state index in [0.717, 1.165) is 33.0 Å². The van der Waals surface area contributed by atoms with Gasteiger partial charge < -0.3 is 9.97 Å². The molecule has 0 atom stereocenters. The monoisotopic (exact) mass is 578 g/mol. The lowest BCUT2D eigenvalue weighted by atomic mass is 10.1. The average Bonchev–Trinajstić information content (AvgIpc) is 3.76. The molecule has 0 amide bonds. The van der Waals surface area contributed by atoms with Crippen LogP contribution in [-0.4, -0.2) is 48.3 Å². The van der Waals surface area contributed by atoms with Crippen molar-refractivity contribution < 1.29 is 8.42 Å². The first-order chi connectivity index (χ1) is 21.1. The molecule has 43 heavy (non-hydrogen) atoms. The molecule has 0 radical (unpaired) electrons. The largest absolute Gasteiger partial charge is 0.324 e. The Kier molecular flexibility index (Phi) is 4.91. The lowest BCUT2D eigenvalue weighted by Gasteiger charge is -1.97. The highest BCUT2D eigenvalue weighted by atomic mass is 32.2. The number of nitrogens with one attached hydrogen (secondary N) is 2. The van der Waals surface area contributed by atoms with Crippen LogP contribution in [0.2, 0.25) is 0 Å². The third kappa shape index (κ3) is 3.55. The van der Waals surface area contributed by atoms with Crippen LogP contribution >= 0.6 is 0 Å². The minimum absolute atomic E-state index is 0.142. The van der Waals surface area contributed by atoms with Crippen molar-refractivity contribution in [1.82, 2.24) is 39.9 Å². The Morgan fingerprint density at radius 1 is 0.419 bits per heavy atom. The van der Waals surface area contributed by atoms with E-state index in [9.17, 15) is 8.42 Å². The maximum Gasteiger partial charge on any atom is 0.169 e. The molecule has 7 aromatic rings. The van der Waals surface area contributed by atoms with E-state index in [1.807, 2.05) is 78.9 Å². The van der Waals surface area contributed by atoms with E-state index in [0.29, 0.717) is 56.7 Å². The maximum absolute atomic E-state index is 12.4. The molecule has 10 nitrogen and oxygen atoms in total. The molecule has 11 heteroatoms. The van der Waals surface area contributed by atoms with Crippen LogP contribution in [0.5, 0.6) is 0 Å². The SMILES string of the molecule is O=[SH](=O)c1cccc2c3nc4nc(nc5[nH]c(nc6nc(nc([nH]3)c12)-c1ccccc1-6)c1ccccc51)-c1ccccc1-4. The molecule has 0 unspecified atom stereocenters. The summed E-state index contributed by atoms with van der Waals surface area (Å²) in [4.78, 5) is 36.2. The van der Waals surface area contributed by atoms with Crippen molar-refractivity contribution in [3.63, 3.8) is 0 Å². The normalized spacial score (nSPS) is 12.1. The lowest BCUT2D eigenvalue weighted by Crippen LogP contribution is -1.84. The quantitative estimate of drug-likeness (QED) is 0.206. The average molecular weight is 579 g/mol. The van der Waals surface area contributed by atoms with E-state index >= 15 is 0 Å². The number of aromatic nitrogens is 8. The minimum atomic E-state index is -2.92. The second kappa shape index (κ2) is 8.84. The summed E-state index contributed by atoms with van der Waals surface area (Å²) in [6, 6.07) is 28.4. The van der Waals surface area contributed by atoms with Crippen LogP contribution in [0, 0.1) is 0 Å². The highest BCUT2D eigenvalue weighted by Gasteiger charge is 2.22. The first-order valence-corrected chi connectivity index (χ1v) is 14.7. The molecular formula is C32H18N8O2S. The van der Waals surface area contributed by atoms with Gasteiger partial charge in [-0.1, -0.05) is 84.9 Å². The summed E-state index contributed by atoms with van der Waals surface area (Å²) in [7, 11) is -2.92. The molecule has 0 saturated heterocycles. The minimum Gasteiger partial charge on any atom is -0.324 e. The number of fused-ring (bicyclic) bond motifs is 20. The van der Waals surface area contributed by atoms with Crippen LogP contribution in [0.4, 0.5) is 0 Å². The highest BCUT2D eigenvalue weighted by Crippen LogP contribution is 2.37. The van der Waals surface area contributed by atoms with Gasteiger partial charge in [-0.15, -0.1) is 0 Å². The third-order valence-electron chi connectivity index (χ3n) is 7.75. The number of aromatic amines is 2. The zero-order valence-corrected chi connectivity index (χ0v) is 23.0. The van der Waals surface area contributed by atoms with Gasteiger partial charge in [0.1, 0.15) is 22.6 Å². The summed E-state index contributed by atoms with van der Waals surface area (Å²) < 4.78 is 24.7. The van der Waals surface area contributed by atoms with Crippen LogP contribution in [0.15, 0.2) is 95.9 Å². The molecule has 0 fully saturated rings. The van der Waals surface area contributed by atoms with Gasteiger partial charge in [-0.05, 0) is 6.07 Å². The molecule has 0 spiro atoms. The third-order valence-corrected chi connectivity index (χ3v) is 8.52. The van der Waals surface area contributed by atoms with E-state index in [1.54, 1.807) is 12.1 Å². The van der Waals surface area contributed by atoms with Crippen LogP contribution < -0.4 is 0 Å². The summed E-state index contributed by atoms with van der Waals surface area (Å²) in [6.45, 7) is 0. The molecule has 8 bridgehead atoms. The van der Waals surface area contributed by atoms with Crippen molar-refractivity contribution in [2.45, 2.75) is 4.90 Å². The van der Waals surface area contributed by atoms with Crippen molar-refractivity contribution in [3.05, 3.63) is 91.0 Å². The fraction of sp³-hybridized carbons (Fsp3) is 0. The maximum atomic E-state index is 12.4. The second-order valence-corrected chi connectivity index (χ2v) is 11.2. The van der Waals surface area contributed by atoms with Gasteiger partial charge in [0.2, 0.25) is 0 Å².